The number of urea groups is 1. The number of rotatable bonds is 3. The standard InChI is InChI=1S/C16H22N2O3/c19-15(17-11-16(20)8-4-9-16)18-13-6-3-10-21-14-7-2-1-5-12(13)14/h1-2,5,7,13,20H,3-4,6,8-11H2,(H2,17,18,19). The van der Waals surface area contributed by atoms with Gasteiger partial charge in [-0.15, -0.1) is 0 Å². The Morgan fingerprint density at radius 1 is 1.33 bits per heavy atom. The van der Waals surface area contributed by atoms with Crippen LogP contribution in [0.5, 0.6) is 5.75 Å². The van der Waals surface area contributed by atoms with Crippen molar-refractivity contribution in [3.05, 3.63) is 29.8 Å². The zero-order valence-electron chi connectivity index (χ0n) is 12.1. The molecule has 1 saturated carbocycles. The smallest absolute Gasteiger partial charge is 0.315 e. The van der Waals surface area contributed by atoms with Crippen LogP contribution < -0.4 is 15.4 Å². The molecule has 1 aromatic carbocycles. The molecule has 5 heteroatoms. The molecular weight excluding hydrogens is 268 g/mol. The number of carbonyl (C=O) groups is 1. The molecule has 1 fully saturated rings. The fourth-order valence-corrected chi connectivity index (χ4v) is 2.89. The summed E-state index contributed by atoms with van der Waals surface area (Å²) in [5, 5.41) is 15.8. The normalized spacial score (nSPS) is 23.0. The number of nitrogens with one attached hydrogen (secondary N) is 2. The van der Waals surface area contributed by atoms with Crippen LogP contribution in [0.1, 0.15) is 43.7 Å². The van der Waals surface area contributed by atoms with Gasteiger partial charge in [0.15, 0.2) is 0 Å². The lowest BCUT2D eigenvalue weighted by Crippen LogP contribution is -2.50. The van der Waals surface area contributed by atoms with Gasteiger partial charge >= 0.3 is 6.03 Å². The van der Waals surface area contributed by atoms with Crippen LogP contribution in [-0.2, 0) is 0 Å². The van der Waals surface area contributed by atoms with Crippen molar-refractivity contribution in [2.75, 3.05) is 13.2 Å². The molecule has 2 aliphatic rings. The van der Waals surface area contributed by atoms with Crippen LogP contribution >= 0.6 is 0 Å². The minimum Gasteiger partial charge on any atom is -0.493 e. The van der Waals surface area contributed by atoms with Crippen molar-refractivity contribution in [1.82, 2.24) is 10.6 Å². The average molecular weight is 290 g/mol. The van der Waals surface area contributed by atoms with E-state index in [1.54, 1.807) is 0 Å². The van der Waals surface area contributed by atoms with Gasteiger partial charge in [-0.1, -0.05) is 18.2 Å². The number of hydrogen-bond acceptors (Lipinski definition) is 3. The molecule has 0 aromatic heterocycles. The summed E-state index contributed by atoms with van der Waals surface area (Å²) >= 11 is 0. The Labute approximate surface area is 124 Å². The lowest BCUT2D eigenvalue weighted by molar-refractivity contribution is -0.0290. The highest BCUT2D eigenvalue weighted by atomic mass is 16.5. The first-order valence-electron chi connectivity index (χ1n) is 7.65. The molecule has 3 N–H and O–H groups in total. The van der Waals surface area contributed by atoms with E-state index in [9.17, 15) is 9.90 Å². The second-order valence-corrected chi connectivity index (χ2v) is 5.99. The fraction of sp³-hybridized carbons (Fsp3) is 0.562. The Kier molecular flexibility index (Phi) is 4.01. The van der Waals surface area contributed by atoms with Crippen molar-refractivity contribution in [3.8, 4) is 5.75 Å². The molecule has 0 saturated heterocycles. The number of para-hydroxylation sites is 1. The maximum absolute atomic E-state index is 12.0. The van der Waals surface area contributed by atoms with Gasteiger partial charge in [-0.3, -0.25) is 0 Å². The van der Waals surface area contributed by atoms with Crippen LogP contribution in [0.3, 0.4) is 0 Å². The summed E-state index contributed by atoms with van der Waals surface area (Å²) in [6, 6.07) is 7.55. The first-order chi connectivity index (χ1) is 10.2. The van der Waals surface area contributed by atoms with E-state index in [0.29, 0.717) is 13.2 Å². The molecule has 1 aromatic rings. The third-order valence-corrected chi connectivity index (χ3v) is 4.36. The van der Waals surface area contributed by atoms with Gasteiger partial charge < -0.3 is 20.5 Å². The SMILES string of the molecule is O=C(NCC1(O)CCC1)NC1CCCOc2ccccc21. The van der Waals surface area contributed by atoms with E-state index in [0.717, 1.165) is 43.4 Å². The number of ether oxygens (including phenoxy) is 1. The van der Waals surface area contributed by atoms with Crippen molar-refractivity contribution in [1.29, 1.82) is 0 Å². The largest absolute Gasteiger partial charge is 0.493 e. The molecule has 1 unspecified atom stereocenters. The van der Waals surface area contributed by atoms with Gasteiger partial charge in [0.2, 0.25) is 0 Å². The first kappa shape index (κ1) is 14.2. The zero-order chi connectivity index (χ0) is 14.7. The minimum atomic E-state index is -0.693. The Morgan fingerprint density at radius 3 is 2.90 bits per heavy atom. The minimum absolute atomic E-state index is 0.0419. The third-order valence-electron chi connectivity index (χ3n) is 4.36. The molecule has 5 nitrogen and oxygen atoms in total. The van der Waals surface area contributed by atoms with Crippen molar-refractivity contribution in [2.24, 2.45) is 0 Å². The number of fused-ring (bicyclic) bond motifs is 1. The van der Waals surface area contributed by atoms with E-state index < -0.39 is 5.60 Å². The predicted octanol–water partition coefficient (Wildman–Crippen LogP) is 2.11. The van der Waals surface area contributed by atoms with Gasteiger partial charge in [-0.2, -0.15) is 0 Å². The maximum atomic E-state index is 12.0. The van der Waals surface area contributed by atoms with Crippen molar-refractivity contribution in [2.45, 2.75) is 43.7 Å². The summed E-state index contributed by atoms with van der Waals surface area (Å²) in [4.78, 5) is 12.0. The number of amides is 2. The van der Waals surface area contributed by atoms with Gasteiger partial charge in [-0.25, -0.2) is 4.79 Å². The van der Waals surface area contributed by atoms with Crippen LogP contribution in [0.4, 0.5) is 4.79 Å². The highest BCUT2D eigenvalue weighted by molar-refractivity contribution is 5.74. The summed E-state index contributed by atoms with van der Waals surface area (Å²) in [5.74, 6) is 0.845. The molecule has 0 bridgehead atoms. The lowest BCUT2D eigenvalue weighted by Gasteiger charge is -2.36. The van der Waals surface area contributed by atoms with Gasteiger partial charge in [0.1, 0.15) is 5.75 Å². The fourth-order valence-electron chi connectivity index (χ4n) is 2.89. The quantitative estimate of drug-likeness (QED) is 0.798. The summed E-state index contributed by atoms with van der Waals surface area (Å²) in [7, 11) is 0. The predicted molar refractivity (Wildman–Crippen MR) is 79.2 cm³/mol. The Bertz CT molecular complexity index is 514. The number of hydrogen-bond donors (Lipinski definition) is 3. The lowest BCUT2D eigenvalue weighted by atomic mass is 9.80. The van der Waals surface area contributed by atoms with Gasteiger partial charge in [-0.05, 0) is 38.2 Å². The van der Waals surface area contributed by atoms with Crippen LogP contribution in [-0.4, -0.2) is 29.9 Å². The van der Waals surface area contributed by atoms with E-state index >= 15 is 0 Å². The topological polar surface area (TPSA) is 70.6 Å². The highest BCUT2D eigenvalue weighted by Gasteiger charge is 2.34. The molecule has 1 heterocycles. The number of carbonyl (C=O) groups excluding carboxylic acids is 1. The van der Waals surface area contributed by atoms with E-state index in [-0.39, 0.29) is 12.1 Å². The van der Waals surface area contributed by atoms with Crippen LogP contribution in [0.15, 0.2) is 24.3 Å². The van der Waals surface area contributed by atoms with Crippen molar-refractivity contribution < 1.29 is 14.6 Å². The Balaban J connectivity index is 1.60. The molecule has 0 radical (unpaired) electrons. The average Bonchev–Trinajstić information content (AvgIpc) is 2.66. The molecule has 3 rings (SSSR count). The second kappa shape index (κ2) is 5.93. The monoisotopic (exact) mass is 290 g/mol. The summed E-state index contributed by atoms with van der Waals surface area (Å²) < 4.78 is 5.69. The van der Waals surface area contributed by atoms with Crippen molar-refractivity contribution in [3.63, 3.8) is 0 Å². The van der Waals surface area contributed by atoms with Crippen molar-refractivity contribution >= 4 is 6.03 Å². The van der Waals surface area contributed by atoms with Gasteiger partial charge in [0.25, 0.3) is 0 Å². The Hall–Kier alpha value is -1.75. The number of benzene rings is 1. The highest BCUT2D eigenvalue weighted by Crippen LogP contribution is 2.32. The third kappa shape index (κ3) is 3.29. The van der Waals surface area contributed by atoms with E-state index in [2.05, 4.69) is 10.6 Å². The number of aliphatic hydroxyl groups is 1. The van der Waals surface area contributed by atoms with E-state index in [1.807, 2.05) is 24.3 Å². The van der Waals surface area contributed by atoms with Crippen LogP contribution in [0.2, 0.25) is 0 Å². The van der Waals surface area contributed by atoms with Crippen LogP contribution in [0.25, 0.3) is 0 Å². The molecule has 2 amide bonds. The molecule has 1 aliphatic carbocycles. The van der Waals surface area contributed by atoms with Gasteiger partial charge in [0.05, 0.1) is 18.2 Å². The molecule has 1 aliphatic heterocycles. The second-order valence-electron chi connectivity index (χ2n) is 5.99. The van der Waals surface area contributed by atoms with E-state index in [1.165, 1.54) is 0 Å². The molecule has 1 atom stereocenters. The summed E-state index contributed by atoms with van der Waals surface area (Å²) in [6.07, 6.45) is 4.34. The molecular formula is C16H22N2O3. The van der Waals surface area contributed by atoms with E-state index in [4.69, 9.17) is 4.74 Å². The maximum Gasteiger partial charge on any atom is 0.315 e. The van der Waals surface area contributed by atoms with Crippen LogP contribution in [0, 0.1) is 0 Å². The summed E-state index contributed by atoms with van der Waals surface area (Å²) in [5.41, 5.74) is 0.328. The Morgan fingerprint density at radius 2 is 2.14 bits per heavy atom. The zero-order valence-corrected chi connectivity index (χ0v) is 12.1. The molecule has 21 heavy (non-hydrogen) atoms. The molecule has 0 spiro atoms. The first-order valence-corrected chi connectivity index (χ1v) is 7.65. The summed E-state index contributed by atoms with van der Waals surface area (Å²) in [6.45, 7) is 1.00. The van der Waals surface area contributed by atoms with Gasteiger partial charge in [0, 0.05) is 12.1 Å². The molecule has 114 valence electrons.